The Labute approximate surface area is 124 Å². The van der Waals surface area contributed by atoms with E-state index >= 15 is 0 Å². The number of piperazine rings is 1. The van der Waals surface area contributed by atoms with Crippen LogP contribution in [-0.4, -0.2) is 55.0 Å². The van der Waals surface area contributed by atoms with Crippen LogP contribution in [0.3, 0.4) is 0 Å². The average Bonchev–Trinajstić information content (AvgIpc) is 2.47. The molecule has 9 heteroatoms. The quantitative estimate of drug-likeness (QED) is 0.615. The van der Waals surface area contributed by atoms with E-state index in [1.807, 2.05) is 4.90 Å². The Morgan fingerprint density at radius 3 is 2.27 bits per heavy atom. The maximum absolute atomic E-state index is 12.3. The van der Waals surface area contributed by atoms with E-state index in [1.165, 1.54) is 12.1 Å². The Kier molecular flexibility index (Phi) is 4.87. The zero-order valence-electron chi connectivity index (χ0n) is 11.7. The number of hydrogen-bond donors (Lipinski definition) is 2. The molecule has 1 aromatic rings. The smallest absolute Gasteiger partial charge is 0.379 e. The zero-order valence-corrected chi connectivity index (χ0v) is 11.7. The molecule has 1 heterocycles. The molecule has 1 aliphatic heterocycles. The number of halogens is 3. The van der Waals surface area contributed by atoms with Crippen molar-refractivity contribution >= 4 is 11.4 Å². The Bertz CT molecular complexity index is 514. The van der Waals surface area contributed by atoms with E-state index in [1.54, 1.807) is 12.1 Å². The number of non-ortho nitro benzene ring substituents is 1. The maximum Gasteiger partial charge on any atom is 0.419 e. The molecule has 0 aromatic heterocycles. The van der Waals surface area contributed by atoms with Crippen LogP contribution in [0.25, 0.3) is 0 Å². The summed E-state index contributed by atoms with van der Waals surface area (Å²) < 4.78 is 37.0. The van der Waals surface area contributed by atoms with Gasteiger partial charge in [0.05, 0.1) is 31.1 Å². The molecule has 1 aliphatic rings. The zero-order chi connectivity index (χ0) is 16.3. The van der Waals surface area contributed by atoms with E-state index in [0.717, 1.165) is 5.69 Å². The lowest BCUT2D eigenvalue weighted by Gasteiger charge is -2.34. The third-order valence-corrected chi connectivity index (χ3v) is 3.76. The topological polar surface area (TPSA) is 71.0 Å². The van der Waals surface area contributed by atoms with E-state index in [9.17, 15) is 23.3 Å². The lowest BCUT2D eigenvalue weighted by Crippen LogP contribution is -3.16. The predicted octanol–water partition coefficient (Wildman–Crippen LogP) is 0.223. The van der Waals surface area contributed by atoms with Crippen molar-refractivity contribution in [2.24, 2.45) is 0 Å². The highest BCUT2D eigenvalue weighted by Crippen LogP contribution is 2.20. The molecule has 1 atom stereocenters. The number of benzene rings is 1. The fourth-order valence-corrected chi connectivity index (χ4v) is 2.46. The second-order valence-corrected chi connectivity index (χ2v) is 5.27. The molecular weight excluding hydrogens is 303 g/mol. The summed E-state index contributed by atoms with van der Waals surface area (Å²) in [6.07, 6.45) is -6.88. The Morgan fingerprint density at radius 1 is 1.27 bits per heavy atom. The number of nitro benzene ring substituents is 1. The van der Waals surface area contributed by atoms with Gasteiger partial charge in [-0.3, -0.25) is 10.1 Å². The molecule has 0 unspecified atom stereocenters. The molecule has 22 heavy (non-hydrogen) atoms. The molecule has 0 radical (unpaired) electrons. The first-order valence-electron chi connectivity index (χ1n) is 6.85. The number of nitrogens with zero attached hydrogens (tertiary/aromatic N) is 2. The first-order chi connectivity index (χ1) is 10.3. The van der Waals surface area contributed by atoms with Gasteiger partial charge in [-0.05, 0) is 12.1 Å². The van der Waals surface area contributed by atoms with Crippen LogP contribution in [-0.2, 0) is 0 Å². The Balaban J connectivity index is 1.88. The summed E-state index contributed by atoms with van der Waals surface area (Å²) in [7, 11) is 0. The summed E-state index contributed by atoms with van der Waals surface area (Å²) >= 11 is 0. The van der Waals surface area contributed by atoms with Gasteiger partial charge in [-0.25, -0.2) is 0 Å². The number of nitro groups is 1. The van der Waals surface area contributed by atoms with Gasteiger partial charge >= 0.3 is 6.18 Å². The van der Waals surface area contributed by atoms with Crippen molar-refractivity contribution in [2.75, 3.05) is 37.6 Å². The number of rotatable bonds is 4. The molecule has 0 spiro atoms. The first-order valence-corrected chi connectivity index (χ1v) is 6.85. The van der Waals surface area contributed by atoms with Crippen molar-refractivity contribution in [3.05, 3.63) is 34.4 Å². The van der Waals surface area contributed by atoms with Gasteiger partial charge in [0.1, 0.15) is 6.54 Å². The molecule has 1 fully saturated rings. The van der Waals surface area contributed by atoms with Gasteiger partial charge in [0.25, 0.3) is 5.69 Å². The minimum atomic E-state index is -4.58. The molecule has 0 amide bonds. The highest BCUT2D eigenvalue weighted by molar-refractivity contribution is 5.50. The van der Waals surface area contributed by atoms with Crippen LogP contribution in [0.5, 0.6) is 0 Å². The molecule has 6 nitrogen and oxygen atoms in total. The number of aliphatic hydroxyl groups excluding tert-OH is 1. The van der Waals surface area contributed by atoms with Crippen LogP contribution in [0, 0.1) is 10.1 Å². The van der Waals surface area contributed by atoms with Gasteiger partial charge in [0, 0.05) is 17.8 Å². The number of alkyl halides is 3. The van der Waals surface area contributed by atoms with E-state index < -0.39 is 17.2 Å². The van der Waals surface area contributed by atoms with Gasteiger partial charge in [-0.1, -0.05) is 0 Å². The van der Waals surface area contributed by atoms with Crippen LogP contribution in [0.4, 0.5) is 24.5 Å². The van der Waals surface area contributed by atoms with Gasteiger partial charge in [-0.15, -0.1) is 0 Å². The SMILES string of the molecule is O=[N+]([O-])c1ccc(N2CC[NH+](C[C@H](O)C(F)(F)F)CC2)cc1. The number of aliphatic hydroxyl groups is 1. The Morgan fingerprint density at radius 2 is 1.82 bits per heavy atom. The third kappa shape index (κ3) is 4.08. The molecule has 122 valence electrons. The predicted molar refractivity (Wildman–Crippen MR) is 72.9 cm³/mol. The largest absolute Gasteiger partial charge is 0.419 e. The van der Waals surface area contributed by atoms with Crippen molar-refractivity contribution in [1.82, 2.24) is 0 Å². The molecule has 1 saturated heterocycles. The van der Waals surface area contributed by atoms with Crippen molar-refractivity contribution in [2.45, 2.75) is 12.3 Å². The molecule has 0 bridgehead atoms. The van der Waals surface area contributed by atoms with Crippen molar-refractivity contribution in [3.8, 4) is 0 Å². The highest BCUT2D eigenvalue weighted by atomic mass is 19.4. The summed E-state index contributed by atoms with van der Waals surface area (Å²) in [5.41, 5.74) is 0.808. The number of nitrogens with one attached hydrogen (secondary N) is 1. The number of anilines is 1. The number of quaternary nitrogens is 1. The van der Waals surface area contributed by atoms with E-state index in [2.05, 4.69) is 0 Å². The molecule has 2 rings (SSSR count). The van der Waals surface area contributed by atoms with Gasteiger partial charge in [-0.2, -0.15) is 13.2 Å². The standard InChI is InChI=1S/C13H16F3N3O3/c14-13(15,16)12(20)9-17-5-7-18(8-6-17)10-1-3-11(4-2-10)19(21)22/h1-4,12,20H,5-9H2/p+1/t12-/m0/s1. The molecule has 2 N–H and O–H groups in total. The van der Waals surface area contributed by atoms with E-state index in [4.69, 9.17) is 5.11 Å². The van der Waals surface area contributed by atoms with Crippen LogP contribution in [0.15, 0.2) is 24.3 Å². The molecule has 0 aliphatic carbocycles. The maximum atomic E-state index is 12.3. The van der Waals surface area contributed by atoms with Crippen molar-refractivity contribution in [3.63, 3.8) is 0 Å². The lowest BCUT2D eigenvalue weighted by molar-refractivity contribution is -0.905. The monoisotopic (exact) mass is 320 g/mol. The Hall–Kier alpha value is -1.87. The third-order valence-electron chi connectivity index (χ3n) is 3.76. The summed E-state index contributed by atoms with van der Waals surface area (Å²) in [5.74, 6) is 0. The average molecular weight is 320 g/mol. The summed E-state index contributed by atoms with van der Waals surface area (Å²) in [6.45, 7) is 1.68. The summed E-state index contributed by atoms with van der Waals surface area (Å²) in [5, 5.41) is 19.7. The second kappa shape index (κ2) is 6.49. The minimum Gasteiger partial charge on any atom is -0.379 e. The van der Waals surface area contributed by atoms with Gasteiger partial charge < -0.3 is 14.9 Å². The van der Waals surface area contributed by atoms with E-state index in [0.29, 0.717) is 31.1 Å². The first kappa shape index (κ1) is 16.5. The van der Waals surface area contributed by atoms with Gasteiger partial charge in [0.2, 0.25) is 0 Å². The summed E-state index contributed by atoms with van der Waals surface area (Å²) in [4.78, 5) is 12.8. The fraction of sp³-hybridized carbons (Fsp3) is 0.538. The second-order valence-electron chi connectivity index (χ2n) is 5.27. The van der Waals surface area contributed by atoms with Crippen LogP contribution in [0.1, 0.15) is 0 Å². The normalized spacial score (nSPS) is 18.3. The van der Waals surface area contributed by atoms with Crippen molar-refractivity contribution in [1.29, 1.82) is 0 Å². The number of hydrogen-bond acceptors (Lipinski definition) is 4. The minimum absolute atomic E-state index is 0.00121. The summed E-state index contributed by atoms with van der Waals surface area (Å²) in [6, 6.07) is 6.07. The van der Waals surface area contributed by atoms with Crippen LogP contribution >= 0.6 is 0 Å². The molecular formula is C13H17F3N3O3+. The van der Waals surface area contributed by atoms with Crippen LogP contribution in [0.2, 0.25) is 0 Å². The van der Waals surface area contributed by atoms with Gasteiger partial charge in [0.15, 0.2) is 6.10 Å². The van der Waals surface area contributed by atoms with Crippen LogP contribution < -0.4 is 9.80 Å². The van der Waals surface area contributed by atoms with E-state index in [-0.39, 0.29) is 12.2 Å². The molecule has 0 saturated carbocycles. The lowest BCUT2D eigenvalue weighted by atomic mass is 10.2. The van der Waals surface area contributed by atoms with Crippen molar-refractivity contribution < 1.29 is 28.1 Å². The highest BCUT2D eigenvalue weighted by Gasteiger charge is 2.41. The fourth-order valence-electron chi connectivity index (χ4n) is 2.46. The molecule has 1 aromatic carbocycles.